The van der Waals surface area contributed by atoms with Crippen LogP contribution in [0.3, 0.4) is 0 Å². The number of unbranched alkanes of at least 4 members (excludes halogenated alkanes) is 3. The van der Waals surface area contributed by atoms with Crippen LogP contribution in [0.25, 0.3) is 0 Å². The maximum Gasteiger partial charge on any atom is -0.0326 e. The Balaban J connectivity index is 1.37. The first-order chi connectivity index (χ1) is 7.95. The summed E-state index contributed by atoms with van der Waals surface area (Å²) in [7, 11) is 1.06. The van der Waals surface area contributed by atoms with Crippen LogP contribution in [0.4, 0.5) is 0 Å². The van der Waals surface area contributed by atoms with E-state index >= 15 is 0 Å². The molecule has 0 amide bonds. The minimum atomic E-state index is 0.529. The van der Waals surface area contributed by atoms with Crippen molar-refractivity contribution in [3.8, 4) is 0 Å². The molecule has 0 spiro atoms. The molecule has 0 bridgehead atoms. The lowest BCUT2D eigenvalue weighted by Crippen LogP contribution is -1.90. The molecule has 0 radical (unpaired) electrons. The molecule has 94 valence electrons. The zero-order chi connectivity index (χ0) is 11.1. The quantitative estimate of drug-likeness (QED) is 0.440. The Morgan fingerprint density at radius 3 is 1.25 bits per heavy atom. The molecular formula is C14H28P2. The molecule has 2 aliphatic heterocycles. The molecular weight excluding hydrogens is 230 g/mol. The van der Waals surface area contributed by atoms with Crippen LogP contribution in [0.5, 0.6) is 0 Å². The summed E-state index contributed by atoms with van der Waals surface area (Å²) < 4.78 is 0. The highest BCUT2D eigenvalue weighted by Gasteiger charge is 2.14. The predicted octanol–water partition coefficient (Wildman–Crippen LogP) is 5.10. The molecule has 0 aromatic rings. The van der Waals surface area contributed by atoms with E-state index in [-0.39, 0.29) is 0 Å². The van der Waals surface area contributed by atoms with E-state index in [1.165, 1.54) is 0 Å². The van der Waals surface area contributed by atoms with Gasteiger partial charge in [-0.1, -0.05) is 12.8 Å². The van der Waals surface area contributed by atoms with E-state index in [1.54, 1.807) is 88.3 Å². The van der Waals surface area contributed by atoms with Crippen LogP contribution in [0.1, 0.15) is 51.4 Å². The van der Waals surface area contributed by atoms with Crippen LogP contribution in [0, 0.1) is 0 Å². The predicted molar refractivity (Wildman–Crippen MR) is 80.0 cm³/mol. The lowest BCUT2D eigenvalue weighted by Gasteiger charge is -2.11. The third-order valence-electron chi connectivity index (χ3n) is 4.10. The first kappa shape index (κ1) is 13.3. The second-order valence-corrected chi connectivity index (χ2v) is 10.9. The van der Waals surface area contributed by atoms with Gasteiger partial charge in [0, 0.05) is 0 Å². The minimum absolute atomic E-state index is 0.529. The molecule has 0 unspecified atom stereocenters. The third-order valence-corrected chi connectivity index (χ3v) is 9.79. The first-order valence-corrected chi connectivity index (χ1v) is 11.2. The fourth-order valence-electron chi connectivity index (χ4n) is 3.04. The van der Waals surface area contributed by atoms with Crippen molar-refractivity contribution in [1.82, 2.24) is 0 Å². The highest BCUT2D eigenvalue weighted by molar-refractivity contribution is 7.58. The summed E-state index contributed by atoms with van der Waals surface area (Å²) >= 11 is 0. The molecule has 0 nitrogen and oxygen atoms in total. The fourth-order valence-corrected chi connectivity index (χ4v) is 8.40. The fraction of sp³-hybridized carbons (Fsp3) is 1.00. The Kier molecular flexibility index (Phi) is 6.69. The van der Waals surface area contributed by atoms with Gasteiger partial charge in [-0.3, -0.25) is 0 Å². The summed E-state index contributed by atoms with van der Waals surface area (Å²) in [6.45, 7) is 0. The summed E-state index contributed by atoms with van der Waals surface area (Å²) in [5.74, 6) is 0. The molecule has 2 heterocycles. The van der Waals surface area contributed by atoms with Gasteiger partial charge in [0.05, 0.1) is 0 Å². The molecule has 2 saturated heterocycles. The summed E-state index contributed by atoms with van der Waals surface area (Å²) in [5, 5.41) is 0. The highest BCUT2D eigenvalue weighted by atomic mass is 31.1. The molecule has 2 rings (SSSR count). The van der Waals surface area contributed by atoms with E-state index in [1.807, 2.05) is 0 Å². The average Bonchev–Trinajstić information content (AvgIpc) is 2.96. The average molecular weight is 258 g/mol. The third kappa shape index (κ3) is 5.01. The van der Waals surface area contributed by atoms with Gasteiger partial charge < -0.3 is 0 Å². The second-order valence-electron chi connectivity index (χ2n) is 5.51. The molecule has 0 saturated carbocycles. The summed E-state index contributed by atoms with van der Waals surface area (Å²) in [6.07, 6.45) is 22.1. The molecule has 2 fully saturated rings. The first-order valence-electron chi connectivity index (χ1n) is 7.40. The van der Waals surface area contributed by atoms with E-state index in [2.05, 4.69) is 0 Å². The van der Waals surface area contributed by atoms with Crippen molar-refractivity contribution >= 4 is 15.8 Å². The van der Waals surface area contributed by atoms with Gasteiger partial charge in [-0.15, -0.1) is 15.8 Å². The topological polar surface area (TPSA) is 0 Å². The Hall–Kier alpha value is 0.860. The van der Waals surface area contributed by atoms with Crippen LogP contribution >= 0.6 is 15.8 Å². The van der Waals surface area contributed by atoms with Crippen molar-refractivity contribution in [2.75, 3.05) is 37.0 Å². The lowest BCUT2D eigenvalue weighted by molar-refractivity contribution is 0.707. The van der Waals surface area contributed by atoms with Gasteiger partial charge in [0.15, 0.2) is 0 Å². The van der Waals surface area contributed by atoms with Crippen molar-refractivity contribution in [2.45, 2.75) is 51.4 Å². The summed E-state index contributed by atoms with van der Waals surface area (Å²) in [5.41, 5.74) is 0. The molecule has 0 aromatic carbocycles. The summed E-state index contributed by atoms with van der Waals surface area (Å²) in [4.78, 5) is 0. The normalized spacial score (nSPS) is 23.2. The van der Waals surface area contributed by atoms with E-state index in [0.717, 1.165) is 0 Å². The standard InChI is InChI=1S/C14H28P2/c1(3-9-15-11-5-6-12-15)2-4-10-16-13-7-8-14-16/h1-14H2. The second kappa shape index (κ2) is 8.05. The molecule has 16 heavy (non-hydrogen) atoms. The Morgan fingerprint density at radius 1 is 0.500 bits per heavy atom. The van der Waals surface area contributed by atoms with Gasteiger partial charge in [0.25, 0.3) is 0 Å². The van der Waals surface area contributed by atoms with Crippen molar-refractivity contribution in [2.24, 2.45) is 0 Å². The van der Waals surface area contributed by atoms with Gasteiger partial charge in [-0.05, 0) is 75.5 Å². The molecule has 2 heteroatoms. The molecule has 0 atom stereocenters. The monoisotopic (exact) mass is 258 g/mol. The Labute approximate surface area is 104 Å². The largest absolute Gasteiger partial charge is 0.107 e. The molecule has 0 aliphatic carbocycles. The van der Waals surface area contributed by atoms with E-state index in [4.69, 9.17) is 0 Å². The minimum Gasteiger partial charge on any atom is -0.107 e. The van der Waals surface area contributed by atoms with Crippen molar-refractivity contribution in [1.29, 1.82) is 0 Å². The smallest absolute Gasteiger partial charge is 0.0326 e. The Morgan fingerprint density at radius 2 is 0.875 bits per heavy atom. The van der Waals surface area contributed by atoms with Gasteiger partial charge in [-0.25, -0.2) is 0 Å². The van der Waals surface area contributed by atoms with Crippen molar-refractivity contribution in [3.05, 3.63) is 0 Å². The lowest BCUT2D eigenvalue weighted by atomic mass is 10.2. The van der Waals surface area contributed by atoms with E-state index < -0.39 is 0 Å². The van der Waals surface area contributed by atoms with Crippen LogP contribution in [0.15, 0.2) is 0 Å². The zero-order valence-corrected chi connectivity index (χ0v) is 12.6. The van der Waals surface area contributed by atoms with Gasteiger partial charge in [0.2, 0.25) is 0 Å². The van der Waals surface area contributed by atoms with Crippen LogP contribution in [-0.4, -0.2) is 37.0 Å². The van der Waals surface area contributed by atoms with Gasteiger partial charge in [0.1, 0.15) is 0 Å². The highest BCUT2D eigenvalue weighted by Crippen LogP contribution is 2.45. The molecule has 2 aliphatic rings. The van der Waals surface area contributed by atoms with Crippen LogP contribution in [0.2, 0.25) is 0 Å². The summed E-state index contributed by atoms with van der Waals surface area (Å²) in [6, 6.07) is 0. The number of hydrogen-bond donors (Lipinski definition) is 0. The molecule has 0 aromatic heterocycles. The number of hydrogen-bond acceptors (Lipinski definition) is 0. The maximum absolute atomic E-state index is 1.62. The van der Waals surface area contributed by atoms with Crippen molar-refractivity contribution in [3.63, 3.8) is 0 Å². The van der Waals surface area contributed by atoms with Crippen molar-refractivity contribution < 1.29 is 0 Å². The Bertz CT molecular complexity index is 150. The molecule has 0 N–H and O–H groups in total. The van der Waals surface area contributed by atoms with Crippen LogP contribution < -0.4 is 0 Å². The van der Waals surface area contributed by atoms with E-state index in [0.29, 0.717) is 15.8 Å². The van der Waals surface area contributed by atoms with Crippen LogP contribution in [-0.2, 0) is 0 Å². The van der Waals surface area contributed by atoms with Gasteiger partial charge in [-0.2, -0.15) is 0 Å². The zero-order valence-electron chi connectivity index (χ0n) is 10.8. The van der Waals surface area contributed by atoms with Gasteiger partial charge >= 0.3 is 0 Å². The SMILES string of the molecule is C(CCCP1CCCC1)CCP1CCCC1. The number of rotatable bonds is 7. The van der Waals surface area contributed by atoms with E-state index in [9.17, 15) is 0 Å². The maximum atomic E-state index is 1.62.